The van der Waals surface area contributed by atoms with Crippen molar-refractivity contribution >= 4 is 27.5 Å². The highest BCUT2D eigenvalue weighted by Crippen LogP contribution is 2.31. The van der Waals surface area contributed by atoms with Crippen LogP contribution < -0.4 is 10.1 Å². The molecule has 1 unspecified atom stereocenters. The third-order valence-electron chi connectivity index (χ3n) is 3.30. The van der Waals surface area contributed by atoms with Crippen LogP contribution in [0.1, 0.15) is 18.2 Å². The molecule has 1 saturated heterocycles. The van der Waals surface area contributed by atoms with Crippen molar-refractivity contribution in [2.24, 2.45) is 5.92 Å². The fourth-order valence-electron chi connectivity index (χ4n) is 2.27. The van der Waals surface area contributed by atoms with Gasteiger partial charge in [0.1, 0.15) is 4.83 Å². The predicted octanol–water partition coefficient (Wildman–Crippen LogP) is 2.85. The molecule has 1 atom stereocenters. The zero-order valence-corrected chi connectivity index (χ0v) is 12.6. The summed E-state index contributed by atoms with van der Waals surface area (Å²) in [6.07, 6.45) is 1.07. The lowest BCUT2D eigenvalue weighted by Gasteiger charge is -2.11. The molecule has 20 heavy (non-hydrogen) atoms. The van der Waals surface area contributed by atoms with Gasteiger partial charge in [0.15, 0.2) is 0 Å². The molecule has 0 aromatic carbocycles. The Bertz CT molecular complexity index is 593. The van der Waals surface area contributed by atoms with Crippen LogP contribution in [0.3, 0.4) is 0 Å². The van der Waals surface area contributed by atoms with Crippen LogP contribution in [0.25, 0.3) is 10.2 Å². The van der Waals surface area contributed by atoms with Crippen LogP contribution in [0.4, 0.5) is 5.95 Å². The van der Waals surface area contributed by atoms with Gasteiger partial charge >= 0.3 is 0 Å². The summed E-state index contributed by atoms with van der Waals surface area (Å²) in [6.45, 7) is 7.19. The third kappa shape index (κ3) is 2.86. The maximum absolute atomic E-state index is 5.94. The van der Waals surface area contributed by atoms with Gasteiger partial charge in [-0.1, -0.05) is 0 Å². The minimum absolute atomic E-state index is 0.474. The first-order valence-corrected chi connectivity index (χ1v) is 7.80. The third-order valence-corrected chi connectivity index (χ3v) is 4.24. The minimum Gasteiger partial charge on any atom is -0.477 e. The van der Waals surface area contributed by atoms with Crippen molar-refractivity contribution in [3.05, 3.63) is 10.9 Å². The Hall–Kier alpha value is -1.40. The zero-order valence-electron chi connectivity index (χ0n) is 11.8. The number of anilines is 1. The molecular weight excluding hydrogens is 274 g/mol. The van der Waals surface area contributed by atoms with Crippen LogP contribution >= 0.6 is 11.3 Å². The van der Waals surface area contributed by atoms with Crippen LogP contribution in [0.2, 0.25) is 0 Å². The Morgan fingerprint density at radius 2 is 2.40 bits per heavy atom. The van der Waals surface area contributed by atoms with E-state index in [4.69, 9.17) is 9.47 Å². The first-order chi connectivity index (χ1) is 9.76. The molecule has 2 aromatic rings. The summed E-state index contributed by atoms with van der Waals surface area (Å²) >= 11 is 1.67. The van der Waals surface area contributed by atoms with E-state index >= 15 is 0 Å². The Morgan fingerprint density at radius 1 is 1.50 bits per heavy atom. The van der Waals surface area contributed by atoms with Crippen molar-refractivity contribution in [3.8, 4) is 5.88 Å². The standard InChI is InChI=1S/C14H19N3O2S/c1-3-15-14-16-12(19-8-10-4-5-18-7-10)11-6-9(2)20-13(11)17-14/h6,10H,3-5,7-8H2,1-2H3,(H,15,16,17). The van der Waals surface area contributed by atoms with Crippen LogP contribution in [0.15, 0.2) is 6.07 Å². The van der Waals surface area contributed by atoms with E-state index in [9.17, 15) is 0 Å². The smallest absolute Gasteiger partial charge is 0.227 e. The van der Waals surface area contributed by atoms with E-state index in [1.54, 1.807) is 11.3 Å². The van der Waals surface area contributed by atoms with Gasteiger partial charge in [-0.25, -0.2) is 4.98 Å². The van der Waals surface area contributed by atoms with E-state index in [1.807, 2.05) is 6.92 Å². The molecule has 1 aliphatic rings. The quantitative estimate of drug-likeness (QED) is 0.918. The monoisotopic (exact) mass is 293 g/mol. The Balaban J connectivity index is 1.85. The molecule has 1 N–H and O–H groups in total. The van der Waals surface area contributed by atoms with Crippen molar-refractivity contribution in [2.45, 2.75) is 20.3 Å². The van der Waals surface area contributed by atoms with Gasteiger partial charge in [-0.15, -0.1) is 11.3 Å². The van der Waals surface area contributed by atoms with E-state index < -0.39 is 0 Å². The van der Waals surface area contributed by atoms with Gasteiger partial charge in [0.25, 0.3) is 0 Å². The lowest BCUT2D eigenvalue weighted by molar-refractivity contribution is 0.166. The first-order valence-electron chi connectivity index (χ1n) is 6.99. The molecule has 0 aliphatic carbocycles. The summed E-state index contributed by atoms with van der Waals surface area (Å²) in [7, 11) is 0. The highest BCUT2D eigenvalue weighted by atomic mass is 32.1. The molecule has 0 saturated carbocycles. The fraction of sp³-hybridized carbons (Fsp3) is 0.571. The van der Waals surface area contributed by atoms with Gasteiger partial charge in [0, 0.05) is 23.9 Å². The maximum atomic E-state index is 5.94. The molecule has 3 rings (SSSR count). The van der Waals surface area contributed by atoms with Crippen molar-refractivity contribution in [2.75, 3.05) is 31.7 Å². The minimum atomic E-state index is 0.474. The summed E-state index contributed by atoms with van der Waals surface area (Å²) in [6, 6.07) is 2.09. The molecular formula is C14H19N3O2S. The van der Waals surface area contributed by atoms with Gasteiger partial charge in [-0.05, 0) is 26.3 Å². The van der Waals surface area contributed by atoms with Crippen molar-refractivity contribution < 1.29 is 9.47 Å². The summed E-state index contributed by atoms with van der Waals surface area (Å²) in [4.78, 5) is 11.2. The number of aryl methyl sites for hydroxylation is 1. The van der Waals surface area contributed by atoms with Crippen LogP contribution in [0.5, 0.6) is 5.88 Å². The van der Waals surface area contributed by atoms with Gasteiger partial charge in [0.2, 0.25) is 11.8 Å². The second kappa shape index (κ2) is 5.93. The number of aromatic nitrogens is 2. The Morgan fingerprint density at radius 3 is 3.15 bits per heavy atom. The molecule has 3 heterocycles. The summed E-state index contributed by atoms with van der Waals surface area (Å²) < 4.78 is 11.3. The zero-order chi connectivity index (χ0) is 13.9. The van der Waals surface area contributed by atoms with E-state index in [1.165, 1.54) is 4.88 Å². The normalized spacial score (nSPS) is 18.6. The summed E-state index contributed by atoms with van der Waals surface area (Å²) in [5.41, 5.74) is 0. The molecule has 1 fully saturated rings. The lowest BCUT2D eigenvalue weighted by atomic mass is 10.1. The first kappa shape index (κ1) is 13.6. The van der Waals surface area contributed by atoms with Gasteiger partial charge in [-0.2, -0.15) is 4.98 Å². The van der Waals surface area contributed by atoms with Crippen LogP contribution in [-0.4, -0.2) is 36.3 Å². The van der Waals surface area contributed by atoms with E-state index in [-0.39, 0.29) is 0 Å². The SMILES string of the molecule is CCNc1nc(OCC2CCOC2)c2cc(C)sc2n1. The highest BCUT2D eigenvalue weighted by Gasteiger charge is 2.18. The number of nitrogens with one attached hydrogen (secondary N) is 1. The predicted molar refractivity (Wildman–Crippen MR) is 80.7 cm³/mol. The van der Waals surface area contributed by atoms with E-state index in [0.29, 0.717) is 24.4 Å². The average Bonchev–Trinajstić information content (AvgIpc) is 3.04. The van der Waals surface area contributed by atoms with Gasteiger partial charge in [0.05, 0.1) is 18.6 Å². The number of hydrogen-bond donors (Lipinski definition) is 1. The number of ether oxygens (including phenoxy) is 2. The van der Waals surface area contributed by atoms with E-state index in [0.717, 1.165) is 36.4 Å². The Kier molecular flexibility index (Phi) is 4.03. The molecule has 1 aliphatic heterocycles. The summed E-state index contributed by atoms with van der Waals surface area (Å²) in [5.74, 6) is 1.80. The highest BCUT2D eigenvalue weighted by molar-refractivity contribution is 7.18. The number of hydrogen-bond acceptors (Lipinski definition) is 6. The van der Waals surface area contributed by atoms with Crippen molar-refractivity contribution in [1.29, 1.82) is 0 Å². The molecule has 0 bridgehead atoms. The lowest BCUT2D eigenvalue weighted by Crippen LogP contribution is -2.13. The largest absolute Gasteiger partial charge is 0.477 e. The molecule has 0 amide bonds. The number of nitrogens with zero attached hydrogens (tertiary/aromatic N) is 2. The molecule has 2 aromatic heterocycles. The van der Waals surface area contributed by atoms with Crippen LogP contribution in [-0.2, 0) is 4.74 Å². The molecule has 5 nitrogen and oxygen atoms in total. The number of thiophene rings is 1. The number of rotatable bonds is 5. The molecule has 0 spiro atoms. The molecule has 0 radical (unpaired) electrons. The van der Waals surface area contributed by atoms with Gasteiger partial charge in [-0.3, -0.25) is 0 Å². The average molecular weight is 293 g/mol. The van der Waals surface area contributed by atoms with E-state index in [2.05, 4.69) is 28.3 Å². The molecule has 6 heteroatoms. The maximum Gasteiger partial charge on any atom is 0.227 e. The Labute approximate surface area is 122 Å². The fourth-order valence-corrected chi connectivity index (χ4v) is 3.14. The van der Waals surface area contributed by atoms with Crippen LogP contribution in [0, 0.1) is 12.8 Å². The second-order valence-electron chi connectivity index (χ2n) is 5.00. The number of fused-ring (bicyclic) bond motifs is 1. The second-order valence-corrected chi connectivity index (χ2v) is 6.23. The summed E-state index contributed by atoms with van der Waals surface area (Å²) in [5, 5.41) is 4.16. The molecule has 108 valence electrons. The topological polar surface area (TPSA) is 56.3 Å². The van der Waals surface area contributed by atoms with Gasteiger partial charge < -0.3 is 14.8 Å². The van der Waals surface area contributed by atoms with Crippen molar-refractivity contribution in [1.82, 2.24) is 9.97 Å². The van der Waals surface area contributed by atoms with Crippen molar-refractivity contribution in [3.63, 3.8) is 0 Å².